The lowest BCUT2D eigenvalue weighted by atomic mass is 9.79. The van der Waals surface area contributed by atoms with Crippen LogP contribution >= 0.6 is 0 Å². The van der Waals surface area contributed by atoms with Crippen molar-refractivity contribution in [2.75, 3.05) is 0 Å². The van der Waals surface area contributed by atoms with Gasteiger partial charge >= 0.3 is 11.9 Å². The number of benzene rings is 1. The zero-order valence-corrected chi connectivity index (χ0v) is 14.5. The molecule has 0 spiro atoms. The number of carbonyl (C=O) groups is 2. The Morgan fingerprint density at radius 3 is 1.73 bits per heavy atom. The van der Waals surface area contributed by atoms with Crippen LogP contribution < -0.4 is 4.74 Å². The predicted octanol–water partition coefficient (Wildman–Crippen LogP) is 3.91. The first-order chi connectivity index (χ1) is 9.85. The van der Waals surface area contributed by atoms with E-state index in [0.29, 0.717) is 5.75 Å². The molecule has 1 rings (SSSR count). The first kappa shape index (κ1) is 18.2. The van der Waals surface area contributed by atoms with Gasteiger partial charge in [-0.25, -0.2) is 0 Å². The zero-order valence-electron chi connectivity index (χ0n) is 14.5. The molecule has 0 fully saturated rings. The number of hydrogen-bond donors (Lipinski definition) is 1. The van der Waals surface area contributed by atoms with E-state index in [9.17, 15) is 9.59 Å². The molecule has 0 aliphatic carbocycles. The summed E-state index contributed by atoms with van der Waals surface area (Å²) in [5, 5.41) is 8.99. The third kappa shape index (κ3) is 4.09. The van der Waals surface area contributed by atoms with Gasteiger partial charge in [0.15, 0.2) is 5.92 Å². The van der Waals surface area contributed by atoms with Crippen LogP contribution in [0.1, 0.15) is 59.6 Å². The molecule has 0 radical (unpaired) electrons. The fraction of sp³-hybridized carbons (Fsp3) is 0.556. The maximum Gasteiger partial charge on any atom is 0.325 e. The first-order valence-electron chi connectivity index (χ1n) is 7.44. The molecule has 122 valence electrons. The Labute approximate surface area is 132 Å². The molecule has 4 heteroatoms. The van der Waals surface area contributed by atoms with Crippen LogP contribution in [-0.4, -0.2) is 17.0 Å². The summed E-state index contributed by atoms with van der Waals surface area (Å²) in [5.41, 5.74) is 1.35. The quantitative estimate of drug-likeness (QED) is 0.522. The molecule has 0 amide bonds. The molecule has 1 atom stereocenters. The number of para-hydroxylation sites is 1. The van der Waals surface area contributed by atoms with E-state index in [1.807, 2.05) is 59.7 Å². The van der Waals surface area contributed by atoms with E-state index in [-0.39, 0.29) is 10.8 Å². The van der Waals surface area contributed by atoms with Gasteiger partial charge in [-0.3, -0.25) is 9.59 Å². The van der Waals surface area contributed by atoms with Crippen molar-refractivity contribution in [3.05, 3.63) is 29.3 Å². The lowest BCUT2D eigenvalue weighted by Crippen LogP contribution is -2.28. The number of hydrogen-bond acceptors (Lipinski definition) is 3. The number of carboxylic acids is 1. The maximum absolute atomic E-state index is 12.1. The summed E-state index contributed by atoms with van der Waals surface area (Å²) in [7, 11) is 0. The van der Waals surface area contributed by atoms with Crippen molar-refractivity contribution >= 4 is 11.9 Å². The van der Waals surface area contributed by atoms with Crippen LogP contribution in [0, 0.1) is 5.92 Å². The van der Waals surface area contributed by atoms with Crippen LogP contribution in [-0.2, 0) is 20.4 Å². The average molecular weight is 306 g/mol. The lowest BCUT2D eigenvalue weighted by Gasteiger charge is -2.29. The van der Waals surface area contributed by atoms with Crippen molar-refractivity contribution in [2.24, 2.45) is 5.92 Å². The molecular weight excluding hydrogens is 280 g/mol. The average Bonchev–Trinajstić information content (AvgIpc) is 2.35. The van der Waals surface area contributed by atoms with Gasteiger partial charge in [0.25, 0.3) is 0 Å². The van der Waals surface area contributed by atoms with E-state index in [0.717, 1.165) is 11.1 Å². The molecule has 1 N–H and O–H groups in total. The number of carbonyl (C=O) groups excluding carboxylic acids is 1. The molecule has 0 heterocycles. The maximum atomic E-state index is 12.1. The van der Waals surface area contributed by atoms with Crippen LogP contribution in [0.4, 0.5) is 0 Å². The molecule has 0 aliphatic rings. The monoisotopic (exact) mass is 306 g/mol. The Balaban J connectivity index is 3.42. The number of rotatable bonds is 3. The molecular formula is C18H26O4. The lowest BCUT2D eigenvalue weighted by molar-refractivity contribution is -0.152. The van der Waals surface area contributed by atoms with Crippen LogP contribution in [0.15, 0.2) is 18.2 Å². The summed E-state index contributed by atoms with van der Waals surface area (Å²) in [6.45, 7) is 13.5. The second-order valence-corrected chi connectivity index (χ2v) is 7.66. The molecule has 1 unspecified atom stereocenters. The second kappa shape index (κ2) is 6.11. The minimum atomic E-state index is -1.19. The fourth-order valence-electron chi connectivity index (χ4n) is 2.12. The Hall–Kier alpha value is -1.84. The van der Waals surface area contributed by atoms with Crippen molar-refractivity contribution < 1.29 is 19.4 Å². The van der Waals surface area contributed by atoms with Gasteiger partial charge in [-0.05, 0) is 17.8 Å². The summed E-state index contributed by atoms with van der Waals surface area (Å²) in [6.07, 6.45) is 0. The van der Waals surface area contributed by atoms with E-state index in [2.05, 4.69) is 0 Å². The van der Waals surface area contributed by atoms with E-state index >= 15 is 0 Å². The van der Waals surface area contributed by atoms with Gasteiger partial charge in [0.05, 0.1) is 0 Å². The minimum absolute atomic E-state index is 0.219. The number of aliphatic carboxylic acids is 1. The van der Waals surface area contributed by atoms with Gasteiger partial charge in [0.2, 0.25) is 0 Å². The number of carboxylic acid groups (broad SMARTS) is 1. The third-order valence-electron chi connectivity index (χ3n) is 3.56. The third-order valence-corrected chi connectivity index (χ3v) is 3.56. The molecule has 1 aromatic carbocycles. The summed E-state index contributed by atoms with van der Waals surface area (Å²) < 4.78 is 5.53. The molecule has 0 saturated heterocycles. The van der Waals surface area contributed by atoms with Gasteiger partial charge in [-0.2, -0.15) is 0 Å². The molecule has 0 aliphatic heterocycles. The molecule has 0 aromatic heterocycles. The van der Waals surface area contributed by atoms with Crippen LogP contribution in [0.5, 0.6) is 5.75 Å². The van der Waals surface area contributed by atoms with Gasteiger partial charge in [0.1, 0.15) is 5.75 Å². The smallest absolute Gasteiger partial charge is 0.325 e. The van der Waals surface area contributed by atoms with E-state index in [4.69, 9.17) is 9.84 Å². The zero-order chi connectivity index (χ0) is 17.3. The highest BCUT2D eigenvalue weighted by atomic mass is 16.5. The summed E-state index contributed by atoms with van der Waals surface area (Å²) in [5.74, 6) is -2.63. The highest BCUT2D eigenvalue weighted by Gasteiger charge is 2.30. The Kier molecular flexibility index (Phi) is 5.06. The van der Waals surface area contributed by atoms with E-state index < -0.39 is 17.9 Å². The standard InChI is InChI=1S/C18H26O4/c1-11(15(19)20)16(21)22-14-12(17(2,3)4)9-8-10-13(14)18(5,6)7/h8-11H,1-7H3,(H,19,20). The van der Waals surface area contributed by atoms with Crippen molar-refractivity contribution in [3.8, 4) is 5.75 Å². The summed E-state index contributed by atoms with van der Waals surface area (Å²) >= 11 is 0. The molecule has 1 aromatic rings. The molecule has 22 heavy (non-hydrogen) atoms. The van der Waals surface area contributed by atoms with Crippen molar-refractivity contribution in [1.29, 1.82) is 0 Å². The first-order valence-corrected chi connectivity index (χ1v) is 7.44. The van der Waals surface area contributed by atoms with Gasteiger partial charge in [-0.15, -0.1) is 0 Å². The fourth-order valence-corrected chi connectivity index (χ4v) is 2.12. The summed E-state index contributed by atoms with van der Waals surface area (Å²) in [4.78, 5) is 23.1. The van der Waals surface area contributed by atoms with Gasteiger partial charge in [-0.1, -0.05) is 59.7 Å². The van der Waals surface area contributed by atoms with E-state index in [1.54, 1.807) is 0 Å². The molecule has 4 nitrogen and oxygen atoms in total. The van der Waals surface area contributed by atoms with Gasteiger partial charge in [0, 0.05) is 11.1 Å². The Bertz CT molecular complexity index is 541. The van der Waals surface area contributed by atoms with Crippen LogP contribution in [0.2, 0.25) is 0 Å². The predicted molar refractivity (Wildman–Crippen MR) is 86.3 cm³/mol. The molecule has 0 bridgehead atoms. The van der Waals surface area contributed by atoms with E-state index in [1.165, 1.54) is 6.92 Å². The topological polar surface area (TPSA) is 63.6 Å². The highest BCUT2D eigenvalue weighted by Crippen LogP contribution is 2.39. The van der Waals surface area contributed by atoms with Crippen LogP contribution in [0.25, 0.3) is 0 Å². The summed E-state index contributed by atoms with van der Waals surface area (Å²) in [6, 6.07) is 5.78. The van der Waals surface area contributed by atoms with Crippen molar-refractivity contribution in [1.82, 2.24) is 0 Å². The largest absolute Gasteiger partial charge is 0.481 e. The number of ether oxygens (including phenoxy) is 1. The minimum Gasteiger partial charge on any atom is -0.481 e. The normalized spacial score (nSPS) is 13.6. The SMILES string of the molecule is CC(C(=O)O)C(=O)Oc1c(C(C)(C)C)cccc1C(C)(C)C. The van der Waals surface area contributed by atoms with Gasteiger partial charge < -0.3 is 9.84 Å². The Morgan fingerprint density at radius 2 is 1.41 bits per heavy atom. The Morgan fingerprint density at radius 1 is 1.00 bits per heavy atom. The number of esters is 1. The second-order valence-electron chi connectivity index (χ2n) is 7.66. The molecule has 0 saturated carbocycles. The van der Waals surface area contributed by atoms with Crippen LogP contribution in [0.3, 0.4) is 0 Å². The van der Waals surface area contributed by atoms with Crippen molar-refractivity contribution in [3.63, 3.8) is 0 Å². The highest BCUT2D eigenvalue weighted by molar-refractivity contribution is 5.94. The van der Waals surface area contributed by atoms with Crippen molar-refractivity contribution in [2.45, 2.75) is 59.3 Å².